The normalized spacial score (nSPS) is 12.4. The first kappa shape index (κ1) is 11.7. The summed E-state index contributed by atoms with van der Waals surface area (Å²) in [6.07, 6.45) is 3.64. The third kappa shape index (κ3) is 3.36. The highest BCUT2D eigenvalue weighted by atomic mass is 14.9. The van der Waals surface area contributed by atoms with Crippen molar-refractivity contribution in [2.75, 3.05) is 0 Å². The van der Waals surface area contributed by atoms with E-state index in [1.165, 1.54) is 5.56 Å². The molecule has 3 heteroatoms. The second-order valence-electron chi connectivity index (χ2n) is 4.15. The Bertz CT molecular complexity index is 468. The number of hydrogen-bond donors (Lipinski definition) is 1. The molecule has 0 aliphatic rings. The van der Waals surface area contributed by atoms with Crippen molar-refractivity contribution in [2.24, 2.45) is 0 Å². The maximum absolute atomic E-state index is 4.46. The van der Waals surface area contributed by atoms with E-state index in [2.05, 4.69) is 22.2 Å². The van der Waals surface area contributed by atoms with Gasteiger partial charge in [0.25, 0.3) is 0 Å². The van der Waals surface area contributed by atoms with Gasteiger partial charge in [0.2, 0.25) is 0 Å². The van der Waals surface area contributed by atoms with Gasteiger partial charge in [0.1, 0.15) is 0 Å². The van der Waals surface area contributed by atoms with Gasteiger partial charge in [-0.1, -0.05) is 6.07 Å². The summed E-state index contributed by atoms with van der Waals surface area (Å²) >= 11 is 0. The Kier molecular flexibility index (Phi) is 3.83. The molecule has 0 aliphatic heterocycles. The minimum absolute atomic E-state index is 0.306. The average molecular weight is 227 g/mol. The van der Waals surface area contributed by atoms with Crippen LogP contribution in [-0.2, 0) is 6.54 Å². The number of hydrogen-bond acceptors (Lipinski definition) is 3. The molecule has 2 aromatic rings. The summed E-state index contributed by atoms with van der Waals surface area (Å²) in [7, 11) is 0. The molecule has 0 aromatic carbocycles. The minimum atomic E-state index is 0.306. The number of aryl methyl sites for hydroxylation is 1. The average Bonchev–Trinajstić information content (AvgIpc) is 2.37. The fourth-order valence-corrected chi connectivity index (χ4v) is 1.73. The van der Waals surface area contributed by atoms with Crippen LogP contribution in [0.1, 0.15) is 29.9 Å². The second kappa shape index (κ2) is 5.55. The Morgan fingerprint density at radius 3 is 2.65 bits per heavy atom. The van der Waals surface area contributed by atoms with Crippen molar-refractivity contribution in [1.82, 2.24) is 15.3 Å². The van der Waals surface area contributed by atoms with Gasteiger partial charge in [-0.3, -0.25) is 9.97 Å². The Labute approximate surface area is 102 Å². The van der Waals surface area contributed by atoms with Gasteiger partial charge in [-0.2, -0.15) is 0 Å². The molecule has 0 fully saturated rings. The Morgan fingerprint density at radius 1 is 1.18 bits per heavy atom. The highest BCUT2D eigenvalue weighted by Crippen LogP contribution is 2.10. The zero-order chi connectivity index (χ0) is 12.1. The minimum Gasteiger partial charge on any atom is -0.305 e. The molecule has 2 aromatic heterocycles. The molecule has 1 unspecified atom stereocenters. The summed E-state index contributed by atoms with van der Waals surface area (Å²) in [6, 6.07) is 10.5. The van der Waals surface area contributed by atoms with Crippen molar-refractivity contribution in [3.8, 4) is 0 Å². The SMILES string of the molecule is Cc1cccc(CNC(C)c2ccncc2)n1. The van der Waals surface area contributed by atoms with Crippen LogP contribution in [-0.4, -0.2) is 9.97 Å². The number of rotatable bonds is 4. The number of pyridine rings is 2. The summed E-state index contributed by atoms with van der Waals surface area (Å²) in [5, 5.41) is 3.45. The van der Waals surface area contributed by atoms with Gasteiger partial charge in [0, 0.05) is 30.7 Å². The van der Waals surface area contributed by atoms with Crippen LogP contribution >= 0.6 is 0 Å². The van der Waals surface area contributed by atoms with Crippen LogP contribution in [0.5, 0.6) is 0 Å². The lowest BCUT2D eigenvalue weighted by atomic mass is 10.1. The van der Waals surface area contributed by atoms with Crippen LogP contribution in [0.25, 0.3) is 0 Å². The van der Waals surface area contributed by atoms with E-state index in [9.17, 15) is 0 Å². The Morgan fingerprint density at radius 2 is 1.94 bits per heavy atom. The summed E-state index contributed by atoms with van der Waals surface area (Å²) in [5.74, 6) is 0. The molecule has 0 saturated heterocycles. The third-order valence-corrected chi connectivity index (χ3v) is 2.74. The van der Waals surface area contributed by atoms with E-state index in [0.717, 1.165) is 17.9 Å². The summed E-state index contributed by atoms with van der Waals surface area (Å²) in [6.45, 7) is 4.94. The predicted molar refractivity (Wildman–Crippen MR) is 68.5 cm³/mol. The van der Waals surface area contributed by atoms with Crippen molar-refractivity contribution >= 4 is 0 Å². The first-order chi connectivity index (χ1) is 8.25. The van der Waals surface area contributed by atoms with Crippen molar-refractivity contribution in [3.05, 3.63) is 59.7 Å². The monoisotopic (exact) mass is 227 g/mol. The van der Waals surface area contributed by atoms with E-state index in [1.54, 1.807) is 0 Å². The van der Waals surface area contributed by atoms with Gasteiger partial charge in [-0.25, -0.2) is 0 Å². The molecular formula is C14H17N3. The predicted octanol–water partition coefficient (Wildman–Crippen LogP) is 2.64. The van der Waals surface area contributed by atoms with E-state index < -0.39 is 0 Å². The maximum Gasteiger partial charge on any atom is 0.0545 e. The highest BCUT2D eigenvalue weighted by molar-refractivity contribution is 5.15. The zero-order valence-electron chi connectivity index (χ0n) is 10.2. The van der Waals surface area contributed by atoms with E-state index in [-0.39, 0.29) is 0 Å². The number of nitrogens with zero attached hydrogens (tertiary/aromatic N) is 2. The van der Waals surface area contributed by atoms with Crippen LogP contribution in [0.3, 0.4) is 0 Å². The fraction of sp³-hybridized carbons (Fsp3) is 0.286. The topological polar surface area (TPSA) is 37.8 Å². The second-order valence-corrected chi connectivity index (χ2v) is 4.15. The molecule has 0 aliphatic carbocycles. The smallest absolute Gasteiger partial charge is 0.0545 e. The van der Waals surface area contributed by atoms with Crippen molar-refractivity contribution in [2.45, 2.75) is 26.4 Å². The molecule has 2 rings (SSSR count). The van der Waals surface area contributed by atoms with Gasteiger partial charge >= 0.3 is 0 Å². The zero-order valence-corrected chi connectivity index (χ0v) is 10.2. The van der Waals surface area contributed by atoms with Crippen molar-refractivity contribution < 1.29 is 0 Å². The molecule has 0 saturated carbocycles. The van der Waals surface area contributed by atoms with Gasteiger partial charge in [-0.05, 0) is 43.7 Å². The number of nitrogens with one attached hydrogen (secondary N) is 1. The molecule has 17 heavy (non-hydrogen) atoms. The Balaban J connectivity index is 1.95. The van der Waals surface area contributed by atoms with E-state index in [4.69, 9.17) is 0 Å². The quantitative estimate of drug-likeness (QED) is 0.872. The summed E-state index contributed by atoms with van der Waals surface area (Å²) in [5.41, 5.74) is 3.37. The molecule has 0 radical (unpaired) electrons. The van der Waals surface area contributed by atoms with Crippen LogP contribution in [0, 0.1) is 6.92 Å². The van der Waals surface area contributed by atoms with Gasteiger partial charge < -0.3 is 5.32 Å². The largest absolute Gasteiger partial charge is 0.305 e. The molecule has 1 N–H and O–H groups in total. The van der Waals surface area contributed by atoms with Crippen molar-refractivity contribution in [3.63, 3.8) is 0 Å². The van der Waals surface area contributed by atoms with Gasteiger partial charge in [0.05, 0.1) is 5.69 Å². The highest BCUT2D eigenvalue weighted by Gasteiger charge is 2.04. The molecule has 0 bridgehead atoms. The van der Waals surface area contributed by atoms with Gasteiger partial charge in [0.15, 0.2) is 0 Å². The molecule has 0 amide bonds. The molecule has 3 nitrogen and oxygen atoms in total. The van der Waals surface area contributed by atoms with Crippen molar-refractivity contribution in [1.29, 1.82) is 0 Å². The lowest BCUT2D eigenvalue weighted by Crippen LogP contribution is -2.18. The fourth-order valence-electron chi connectivity index (χ4n) is 1.73. The first-order valence-electron chi connectivity index (χ1n) is 5.81. The molecule has 0 spiro atoms. The molecular weight excluding hydrogens is 210 g/mol. The van der Waals surface area contributed by atoms with Crippen LogP contribution in [0.15, 0.2) is 42.7 Å². The first-order valence-corrected chi connectivity index (χ1v) is 5.81. The number of aromatic nitrogens is 2. The van der Waals surface area contributed by atoms with Crippen LogP contribution in [0.4, 0.5) is 0 Å². The lowest BCUT2D eigenvalue weighted by molar-refractivity contribution is 0.566. The van der Waals surface area contributed by atoms with E-state index >= 15 is 0 Å². The van der Waals surface area contributed by atoms with E-state index in [0.29, 0.717) is 6.04 Å². The van der Waals surface area contributed by atoms with Crippen LogP contribution in [0.2, 0.25) is 0 Å². The standard InChI is InChI=1S/C14H17N3/c1-11-4-3-5-14(17-11)10-16-12(2)13-6-8-15-9-7-13/h3-9,12,16H,10H2,1-2H3. The summed E-state index contributed by atoms with van der Waals surface area (Å²) in [4.78, 5) is 8.48. The Hall–Kier alpha value is -1.74. The molecule has 2 heterocycles. The summed E-state index contributed by atoms with van der Waals surface area (Å²) < 4.78 is 0. The molecule has 88 valence electrons. The van der Waals surface area contributed by atoms with Crippen LogP contribution < -0.4 is 5.32 Å². The van der Waals surface area contributed by atoms with Gasteiger partial charge in [-0.15, -0.1) is 0 Å². The third-order valence-electron chi connectivity index (χ3n) is 2.74. The molecule has 1 atom stereocenters. The van der Waals surface area contributed by atoms with E-state index in [1.807, 2.05) is 49.6 Å². The lowest BCUT2D eigenvalue weighted by Gasteiger charge is -2.13. The maximum atomic E-state index is 4.46.